The van der Waals surface area contributed by atoms with Crippen molar-refractivity contribution in [1.29, 1.82) is 0 Å². The first-order valence-electron chi connectivity index (χ1n) is 3.01. The molecule has 0 aliphatic carbocycles. The van der Waals surface area contributed by atoms with Crippen molar-refractivity contribution in [2.75, 3.05) is 0 Å². The van der Waals surface area contributed by atoms with Gasteiger partial charge in [-0.2, -0.15) is 0 Å². The smallest absolute Gasteiger partial charge is 0.635 e. The fourth-order valence-corrected chi connectivity index (χ4v) is 0.653. The van der Waals surface area contributed by atoms with E-state index in [1.54, 1.807) is 6.07 Å². The molecule has 0 aliphatic heterocycles. The maximum atomic E-state index is 11.6. The fourth-order valence-electron chi connectivity index (χ4n) is 0.653. The molecule has 11 heavy (non-hydrogen) atoms. The molecule has 0 radical (unpaired) electrons. The average molecular weight is 161 g/mol. The van der Waals surface area contributed by atoms with Crippen LogP contribution in [0.1, 0.15) is 0 Å². The largest absolute Gasteiger partial charge is 0.699 e. The minimum Gasteiger partial charge on any atom is -0.635 e. The van der Waals surface area contributed by atoms with Crippen LogP contribution in [0.2, 0.25) is 0 Å². The Kier molecular flexibility index (Phi) is 2.07. The molecule has 0 atom stereocenters. The van der Waals surface area contributed by atoms with E-state index in [0.717, 1.165) is 0 Å². The molecule has 0 N–H and O–H groups in total. The average Bonchev–Trinajstić information content (AvgIpc) is 1.85. The van der Waals surface area contributed by atoms with Gasteiger partial charge in [0.25, 0.3) is 0 Å². The molecule has 0 spiro atoms. The van der Waals surface area contributed by atoms with Gasteiger partial charge in [-0.1, -0.05) is 18.2 Å². The molecule has 0 fully saturated rings. The van der Waals surface area contributed by atoms with Crippen molar-refractivity contribution in [1.82, 2.24) is 0 Å². The van der Waals surface area contributed by atoms with Gasteiger partial charge in [0, 0.05) is 0 Å². The van der Waals surface area contributed by atoms with E-state index in [1.807, 2.05) is 0 Å². The van der Waals surface area contributed by atoms with Crippen molar-refractivity contribution in [3.63, 3.8) is 0 Å². The van der Waals surface area contributed by atoms with Gasteiger partial charge in [-0.25, -0.2) is 0 Å². The van der Waals surface area contributed by atoms with Crippen LogP contribution >= 0.6 is 0 Å². The van der Waals surface area contributed by atoms with Crippen LogP contribution in [0.15, 0.2) is 30.3 Å². The monoisotopic (exact) mass is 161 g/mol. The molecule has 0 unspecified atom stereocenters. The molecule has 0 saturated carbocycles. The van der Waals surface area contributed by atoms with Crippen LogP contribution < -0.4 is 4.65 Å². The van der Waals surface area contributed by atoms with Crippen molar-refractivity contribution in [2.24, 2.45) is 0 Å². The molecule has 60 valence electrons. The summed E-state index contributed by atoms with van der Waals surface area (Å²) >= 11 is 0. The van der Waals surface area contributed by atoms with E-state index in [9.17, 15) is 12.9 Å². The Bertz CT molecular complexity index is 221. The third-order valence-corrected chi connectivity index (χ3v) is 1.01. The SMILES string of the molecule is F[B-](F)(F)Oc1ccccc1. The standard InChI is InChI=1S/C6H5BF3O/c8-7(9,10)11-6-4-2-1-3-5-6/h1-5H/q-1. The van der Waals surface area contributed by atoms with Crippen LogP contribution in [0, 0.1) is 0 Å². The quantitative estimate of drug-likeness (QED) is 0.605. The Balaban J connectivity index is 2.66. The van der Waals surface area contributed by atoms with E-state index in [1.165, 1.54) is 24.3 Å². The van der Waals surface area contributed by atoms with E-state index >= 15 is 0 Å². The Morgan fingerprint density at radius 1 is 1.00 bits per heavy atom. The molecule has 1 nitrogen and oxygen atoms in total. The molecule has 1 aromatic rings. The summed E-state index contributed by atoms with van der Waals surface area (Å²) in [6.07, 6.45) is 0. The van der Waals surface area contributed by atoms with Crippen molar-refractivity contribution < 1.29 is 17.6 Å². The lowest BCUT2D eigenvalue weighted by molar-refractivity contribution is 0.296. The van der Waals surface area contributed by atoms with Crippen molar-refractivity contribution >= 4 is 7.18 Å². The summed E-state index contributed by atoms with van der Waals surface area (Å²) in [5.41, 5.74) is 0. The lowest BCUT2D eigenvalue weighted by Crippen LogP contribution is -2.24. The maximum absolute atomic E-state index is 11.6. The van der Waals surface area contributed by atoms with E-state index in [-0.39, 0.29) is 5.75 Å². The number of rotatable bonds is 2. The second-order valence-electron chi connectivity index (χ2n) is 1.95. The van der Waals surface area contributed by atoms with Gasteiger partial charge >= 0.3 is 7.18 Å². The highest BCUT2D eigenvalue weighted by Gasteiger charge is 2.27. The molecule has 0 saturated heterocycles. The third kappa shape index (κ3) is 2.97. The summed E-state index contributed by atoms with van der Waals surface area (Å²) in [4.78, 5) is 0. The van der Waals surface area contributed by atoms with Gasteiger partial charge in [0.1, 0.15) is 0 Å². The number of hydrogen-bond acceptors (Lipinski definition) is 1. The van der Waals surface area contributed by atoms with E-state index < -0.39 is 7.18 Å². The summed E-state index contributed by atoms with van der Waals surface area (Å²) in [6, 6.07) is 7.11. The highest BCUT2D eigenvalue weighted by Crippen LogP contribution is 2.17. The van der Waals surface area contributed by atoms with E-state index in [2.05, 4.69) is 4.65 Å². The van der Waals surface area contributed by atoms with Crippen molar-refractivity contribution in [2.45, 2.75) is 0 Å². The molecule has 0 aliphatic rings. The molecular weight excluding hydrogens is 156 g/mol. The number of hydrogen-bond donors (Lipinski definition) is 0. The first-order chi connectivity index (χ1) is 5.08. The van der Waals surface area contributed by atoms with Crippen molar-refractivity contribution in [3.8, 4) is 5.75 Å². The van der Waals surface area contributed by atoms with Gasteiger partial charge in [-0.05, 0) is 12.1 Å². The van der Waals surface area contributed by atoms with Crippen LogP contribution in [-0.4, -0.2) is 7.18 Å². The van der Waals surface area contributed by atoms with Gasteiger partial charge in [0.15, 0.2) is 0 Å². The van der Waals surface area contributed by atoms with Gasteiger partial charge in [-0.15, -0.1) is 0 Å². The summed E-state index contributed by atoms with van der Waals surface area (Å²) in [5, 5.41) is 0. The minimum atomic E-state index is -5.18. The van der Waals surface area contributed by atoms with Crippen LogP contribution in [0.3, 0.4) is 0 Å². The molecule has 1 rings (SSSR count). The lowest BCUT2D eigenvalue weighted by atomic mass is 10.2. The van der Waals surface area contributed by atoms with Crippen LogP contribution in [0.25, 0.3) is 0 Å². The van der Waals surface area contributed by atoms with E-state index in [0.29, 0.717) is 0 Å². The molecule has 1 aromatic carbocycles. The normalized spacial score (nSPS) is 11.2. The van der Waals surface area contributed by atoms with Gasteiger partial charge in [0.2, 0.25) is 0 Å². The molecular formula is C6H5BF3O-. The summed E-state index contributed by atoms with van der Waals surface area (Å²) in [7, 11) is -5.18. The second-order valence-corrected chi connectivity index (χ2v) is 1.95. The first kappa shape index (κ1) is 7.98. The maximum Gasteiger partial charge on any atom is 0.699 e. The van der Waals surface area contributed by atoms with Crippen molar-refractivity contribution in [3.05, 3.63) is 30.3 Å². The topological polar surface area (TPSA) is 9.23 Å². The predicted molar refractivity (Wildman–Crippen MR) is 36.1 cm³/mol. The Labute approximate surface area is 61.9 Å². The molecule has 0 heterocycles. The zero-order valence-corrected chi connectivity index (χ0v) is 5.51. The van der Waals surface area contributed by atoms with Gasteiger partial charge < -0.3 is 17.6 Å². The summed E-state index contributed by atoms with van der Waals surface area (Å²) < 4.78 is 38.4. The van der Waals surface area contributed by atoms with Crippen LogP contribution in [0.5, 0.6) is 5.75 Å². The first-order valence-corrected chi connectivity index (χ1v) is 3.01. The molecule has 0 amide bonds. The van der Waals surface area contributed by atoms with Gasteiger partial charge in [0.05, 0.1) is 5.75 Å². The summed E-state index contributed by atoms with van der Waals surface area (Å²) in [6.45, 7) is 0. The molecule has 0 bridgehead atoms. The third-order valence-electron chi connectivity index (χ3n) is 1.01. The van der Waals surface area contributed by atoms with Gasteiger partial charge in [-0.3, -0.25) is 0 Å². The fraction of sp³-hybridized carbons (Fsp3) is 0. The molecule has 5 heteroatoms. The number of benzene rings is 1. The summed E-state index contributed by atoms with van der Waals surface area (Å²) in [5.74, 6) is -0.167. The Hall–Kier alpha value is -1.13. The Morgan fingerprint density at radius 2 is 1.55 bits per heavy atom. The number of para-hydroxylation sites is 1. The Morgan fingerprint density at radius 3 is 2.00 bits per heavy atom. The lowest BCUT2D eigenvalue weighted by Gasteiger charge is -2.17. The molecule has 0 aromatic heterocycles. The zero-order chi connectivity index (χ0) is 8.32. The second kappa shape index (κ2) is 2.86. The van der Waals surface area contributed by atoms with Crippen LogP contribution in [0.4, 0.5) is 12.9 Å². The highest BCUT2D eigenvalue weighted by molar-refractivity contribution is 6.51. The highest BCUT2D eigenvalue weighted by atomic mass is 19.4. The minimum absolute atomic E-state index is 0.167. The van der Waals surface area contributed by atoms with E-state index in [4.69, 9.17) is 0 Å². The number of halogens is 3. The predicted octanol–water partition coefficient (Wildman–Crippen LogP) is 2.41. The van der Waals surface area contributed by atoms with Crippen LogP contribution in [-0.2, 0) is 0 Å². The zero-order valence-electron chi connectivity index (χ0n) is 5.51.